The molecule has 3 rings (SSSR count). The number of rotatable bonds is 4. The lowest BCUT2D eigenvalue weighted by Gasteiger charge is -2.22. The molecular weight excluding hydrogens is 359 g/mol. The van der Waals surface area contributed by atoms with E-state index in [1.165, 1.54) is 12.1 Å². The summed E-state index contributed by atoms with van der Waals surface area (Å²) >= 11 is 5.95. The molecule has 1 atom stereocenters. The van der Waals surface area contributed by atoms with Crippen LogP contribution in [0.4, 0.5) is 4.39 Å². The molecule has 1 aromatic carbocycles. The monoisotopic (exact) mass is 378 g/mol. The number of aryl methyl sites for hydroxylation is 1. The highest BCUT2D eigenvalue weighted by Gasteiger charge is 2.22. The quantitative estimate of drug-likeness (QED) is 0.857. The highest BCUT2D eigenvalue weighted by atomic mass is 35.5. The van der Waals surface area contributed by atoms with Crippen LogP contribution in [0.1, 0.15) is 46.0 Å². The number of nitrogens with one attached hydrogen (secondary N) is 2. The van der Waals surface area contributed by atoms with Crippen molar-refractivity contribution in [2.45, 2.75) is 32.2 Å². The molecule has 5 nitrogen and oxygen atoms in total. The van der Waals surface area contributed by atoms with Crippen LogP contribution in [0.5, 0.6) is 0 Å². The van der Waals surface area contributed by atoms with Crippen LogP contribution < -0.4 is 16.3 Å². The molecule has 0 bridgehead atoms. The van der Waals surface area contributed by atoms with E-state index in [0.717, 1.165) is 25.9 Å². The highest BCUT2D eigenvalue weighted by molar-refractivity contribution is 6.31. The van der Waals surface area contributed by atoms with Crippen molar-refractivity contribution in [3.8, 4) is 0 Å². The molecule has 7 heteroatoms. The maximum atomic E-state index is 13.8. The summed E-state index contributed by atoms with van der Waals surface area (Å²) in [6.07, 6.45) is 1.95. The number of carbonyl (C=O) groups is 1. The van der Waals surface area contributed by atoms with Gasteiger partial charge in [-0.3, -0.25) is 4.79 Å². The van der Waals surface area contributed by atoms with Crippen molar-refractivity contribution < 1.29 is 13.6 Å². The molecule has 26 heavy (non-hydrogen) atoms. The molecule has 1 aliphatic rings. The molecule has 138 valence electrons. The minimum atomic E-state index is -0.678. The second-order valence-electron chi connectivity index (χ2n) is 6.42. The molecule has 2 heterocycles. The van der Waals surface area contributed by atoms with Crippen molar-refractivity contribution in [2.24, 2.45) is 0 Å². The first-order valence-corrected chi connectivity index (χ1v) is 8.91. The van der Waals surface area contributed by atoms with Gasteiger partial charge in [0.2, 0.25) is 0 Å². The van der Waals surface area contributed by atoms with Crippen LogP contribution in [0.15, 0.2) is 33.5 Å². The Morgan fingerprint density at radius 1 is 1.46 bits per heavy atom. The van der Waals surface area contributed by atoms with Gasteiger partial charge in [0.15, 0.2) is 0 Å². The smallest absolute Gasteiger partial charge is 0.349 e. The van der Waals surface area contributed by atoms with Crippen molar-refractivity contribution in [2.75, 3.05) is 13.1 Å². The van der Waals surface area contributed by atoms with Gasteiger partial charge in [-0.15, -0.1) is 0 Å². The van der Waals surface area contributed by atoms with Crippen LogP contribution in [-0.2, 0) is 6.54 Å². The minimum absolute atomic E-state index is 0.0648. The van der Waals surface area contributed by atoms with Gasteiger partial charge in [-0.1, -0.05) is 17.7 Å². The number of carbonyl (C=O) groups excluding carboxylic acids is 1. The van der Waals surface area contributed by atoms with Crippen LogP contribution >= 0.6 is 11.6 Å². The van der Waals surface area contributed by atoms with Crippen molar-refractivity contribution in [1.29, 1.82) is 0 Å². The largest absolute Gasteiger partial charge is 0.427 e. The summed E-state index contributed by atoms with van der Waals surface area (Å²) < 4.78 is 19.2. The van der Waals surface area contributed by atoms with Gasteiger partial charge in [-0.05, 0) is 50.1 Å². The average Bonchev–Trinajstić information content (AvgIpc) is 2.61. The van der Waals surface area contributed by atoms with Crippen LogP contribution in [0.2, 0.25) is 5.02 Å². The number of piperidine rings is 1. The SMILES string of the molecule is Cc1cc(C2CCCNC2)oc(=O)c1C(=O)NCc1c(F)cccc1Cl. The van der Waals surface area contributed by atoms with Gasteiger partial charge >= 0.3 is 5.63 Å². The zero-order chi connectivity index (χ0) is 18.7. The number of hydrogen-bond acceptors (Lipinski definition) is 4. The second-order valence-corrected chi connectivity index (χ2v) is 6.83. The topological polar surface area (TPSA) is 71.3 Å². The van der Waals surface area contributed by atoms with Gasteiger partial charge in [0.25, 0.3) is 5.91 Å². The Kier molecular flexibility index (Phi) is 5.74. The molecular formula is C19H20ClFN2O3. The van der Waals surface area contributed by atoms with Gasteiger partial charge in [0.1, 0.15) is 17.1 Å². The summed E-state index contributed by atoms with van der Waals surface area (Å²) in [5.74, 6) is -0.400. The molecule has 1 fully saturated rings. The van der Waals surface area contributed by atoms with E-state index in [9.17, 15) is 14.0 Å². The summed E-state index contributed by atoms with van der Waals surface area (Å²) in [6, 6.07) is 6.03. The second kappa shape index (κ2) is 8.01. The van der Waals surface area contributed by atoms with E-state index in [2.05, 4.69) is 10.6 Å². The molecule has 1 aromatic heterocycles. The lowest BCUT2D eigenvalue weighted by Crippen LogP contribution is -2.31. The van der Waals surface area contributed by atoms with E-state index in [4.69, 9.17) is 16.0 Å². The maximum absolute atomic E-state index is 13.8. The summed E-state index contributed by atoms with van der Waals surface area (Å²) in [6.45, 7) is 3.29. The van der Waals surface area contributed by atoms with Crippen LogP contribution in [-0.4, -0.2) is 19.0 Å². The molecule has 1 unspecified atom stereocenters. The fourth-order valence-electron chi connectivity index (χ4n) is 3.16. The fourth-order valence-corrected chi connectivity index (χ4v) is 3.39. The van der Waals surface area contributed by atoms with Crippen molar-refractivity contribution in [1.82, 2.24) is 10.6 Å². The standard InChI is InChI=1S/C19H20ClFN2O3/c1-11-8-16(12-4-3-7-22-9-12)26-19(25)17(11)18(24)23-10-13-14(20)5-2-6-15(13)21/h2,5-6,8,12,22H,3-4,7,9-10H2,1H3,(H,23,24). The van der Waals surface area contributed by atoms with E-state index in [1.54, 1.807) is 19.1 Å². The minimum Gasteiger partial charge on any atom is -0.427 e. The fraction of sp³-hybridized carbons (Fsp3) is 0.368. The summed E-state index contributed by atoms with van der Waals surface area (Å²) in [4.78, 5) is 24.8. The first-order chi connectivity index (χ1) is 12.5. The normalized spacial score (nSPS) is 17.1. The van der Waals surface area contributed by atoms with Gasteiger partial charge in [0.05, 0.1) is 0 Å². The zero-order valence-electron chi connectivity index (χ0n) is 14.4. The van der Waals surface area contributed by atoms with E-state index in [1.807, 2.05) is 0 Å². The van der Waals surface area contributed by atoms with Crippen LogP contribution in [0.25, 0.3) is 0 Å². The molecule has 1 amide bonds. The van der Waals surface area contributed by atoms with Crippen LogP contribution in [0.3, 0.4) is 0 Å². The highest BCUT2D eigenvalue weighted by Crippen LogP contribution is 2.24. The Labute approximate surface area is 155 Å². The van der Waals surface area contributed by atoms with Gasteiger partial charge in [0, 0.05) is 29.6 Å². The number of amides is 1. The van der Waals surface area contributed by atoms with E-state index < -0.39 is 17.3 Å². The lowest BCUT2D eigenvalue weighted by atomic mass is 9.95. The molecule has 1 aliphatic heterocycles. The van der Waals surface area contributed by atoms with E-state index in [-0.39, 0.29) is 28.6 Å². The predicted molar refractivity (Wildman–Crippen MR) is 97.1 cm³/mol. The third kappa shape index (κ3) is 3.97. The summed E-state index contributed by atoms with van der Waals surface area (Å²) in [7, 11) is 0. The van der Waals surface area contributed by atoms with Gasteiger partial charge in [-0.2, -0.15) is 0 Å². The van der Waals surface area contributed by atoms with Crippen LogP contribution in [0, 0.1) is 12.7 Å². The molecule has 2 aromatic rings. The molecule has 0 radical (unpaired) electrons. The van der Waals surface area contributed by atoms with E-state index >= 15 is 0 Å². The summed E-state index contributed by atoms with van der Waals surface area (Å²) in [5.41, 5.74) is -0.0268. The van der Waals surface area contributed by atoms with Gasteiger partial charge in [-0.25, -0.2) is 9.18 Å². The molecule has 2 N–H and O–H groups in total. The Bertz CT molecular complexity index is 855. The molecule has 0 aliphatic carbocycles. The Morgan fingerprint density at radius 2 is 2.27 bits per heavy atom. The number of benzene rings is 1. The van der Waals surface area contributed by atoms with E-state index in [0.29, 0.717) is 11.3 Å². The maximum Gasteiger partial charge on any atom is 0.349 e. The Morgan fingerprint density at radius 3 is 2.92 bits per heavy atom. The van der Waals surface area contributed by atoms with Gasteiger partial charge < -0.3 is 15.1 Å². The third-order valence-electron chi connectivity index (χ3n) is 4.58. The Hall–Kier alpha value is -2.18. The molecule has 0 saturated carbocycles. The zero-order valence-corrected chi connectivity index (χ0v) is 15.2. The predicted octanol–water partition coefficient (Wildman–Crippen LogP) is 3.14. The lowest BCUT2D eigenvalue weighted by molar-refractivity contribution is 0.0945. The van der Waals surface area contributed by atoms with Crippen molar-refractivity contribution >= 4 is 17.5 Å². The number of halogens is 2. The molecule has 1 saturated heterocycles. The first kappa shape index (κ1) is 18.6. The number of hydrogen-bond donors (Lipinski definition) is 2. The third-order valence-corrected chi connectivity index (χ3v) is 4.94. The van der Waals surface area contributed by atoms with Crippen molar-refractivity contribution in [3.05, 3.63) is 68.0 Å². The summed E-state index contributed by atoms with van der Waals surface area (Å²) in [5, 5.41) is 6.03. The molecule has 0 spiro atoms. The Balaban J connectivity index is 1.78. The first-order valence-electron chi connectivity index (χ1n) is 8.54. The average molecular weight is 379 g/mol. The van der Waals surface area contributed by atoms with Crippen molar-refractivity contribution in [3.63, 3.8) is 0 Å².